The molecular weight excluding hydrogens is 256 g/mol. The van der Waals surface area contributed by atoms with E-state index in [0.717, 1.165) is 0 Å². The maximum absolute atomic E-state index is 11.7. The minimum atomic E-state index is -1.24. The molecule has 0 radical (unpaired) electrons. The van der Waals surface area contributed by atoms with E-state index >= 15 is 0 Å². The molecule has 1 saturated carbocycles. The van der Waals surface area contributed by atoms with Crippen molar-refractivity contribution < 1.29 is 19.4 Å². The number of carbonyl (C=O) groups is 2. The molecule has 0 bridgehead atoms. The van der Waals surface area contributed by atoms with Crippen molar-refractivity contribution in [3.63, 3.8) is 0 Å². The van der Waals surface area contributed by atoms with Crippen LogP contribution in [0, 0.1) is 23.2 Å². The standard InChI is InChI=1S/C16H22O4/c1-11(8-14(18)20-5)6-7-16(19)12(2)9-13(17)10-15(16,3)4/h8,12,19H,9-10H2,1-5H3/b11-8-. The number of hydrogen-bond acceptors (Lipinski definition) is 4. The molecule has 4 heteroatoms. The molecule has 0 aromatic carbocycles. The summed E-state index contributed by atoms with van der Waals surface area (Å²) in [4.78, 5) is 22.8. The number of Topliss-reactive ketones (excluding diaryl/α,β-unsaturated/α-hetero) is 1. The predicted molar refractivity (Wildman–Crippen MR) is 75.7 cm³/mol. The Bertz CT molecular complexity index is 504. The summed E-state index contributed by atoms with van der Waals surface area (Å²) >= 11 is 0. The largest absolute Gasteiger partial charge is 0.466 e. The maximum Gasteiger partial charge on any atom is 0.331 e. The summed E-state index contributed by atoms with van der Waals surface area (Å²) in [6.07, 6.45) is 1.92. The van der Waals surface area contributed by atoms with Crippen molar-refractivity contribution >= 4 is 11.8 Å². The zero-order chi connectivity index (χ0) is 15.6. The molecule has 1 rings (SSSR count). The zero-order valence-corrected chi connectivity index (χ0v) is 12.7. The van der Waals surface area contributed by atoms with Gasteiger partial charge in [0.2, 0.25) is 0 Å². The number of rotatable bonds is 1. The van der Waals surface area contributed by atoms with Gasteiger partial charge in [-0.25, -0.2) is 4.79 Å². The molecule has 0 saturated heterocycles. The molecule has 2 atom stereocenters. The van der Waals surface area contributed by atoms with Crippen LogP contribution >= 0.6 is 0 Å². The fourth-order valence-corrected chi connectivity index (χ4v) is 2.61. The van der Waals surface area contributed by atoms with E-state index in [2.05, 4.69) is 16.6 Å². The molecule has 0 aromatic rings. The van der Waals surface area contributed by atoms with Gasteiger partial charge in [0, 0.05) is 35.8 Å². The van der Waals surface area contributed by atoms with Gasteiger partial charge in [0.05, 0.1) is 7.11 Å². The van der Waals surface area contributed by atoms with Crippen LogP contribution in [-0.2, 0) is 14.3 Å². The van der Waals surface area contributed by atoms with Crippen molar-refractivity contribution in [3.8, 4) is 11.8 Å². The van der Waals surface area contributed by atoms with Gasteiger partial charge in [-0.2, -0.15) is 0 Å². The smallest absolute Gasteiger partial charge is 0.331 e. The molecule has 1 aliphatic rings. The Morgan fingerprint density at radius 3 is 2.60 bits per heavy atom. The SMILES string of the molecule is COC(=O)/C=C(/C)C#CC1(O)C(C)CC(=O)CC1(C)C. The molecule has 0 heterocycles. The third-order valence-electron chi connectivity index (χ3n) is 3.90. The number of methoxy groups -OCH3 is 1. The van der Waals surface area contributed by atoms with Gasteiger partial charge in [-0.3, -0.25) is 4.79 Å². The van der Waals surface area contributed by atoms with Gasteiger partial charge in [0.1, 0.15) is 11.4 Å². The summed E-state index contributed by atoms with van der Waals surface area (Å²) in [5, 5.41) is 10.9. The van der Waals surface area contributed by atoms with Crippen molar-refractivity contribution in [3.05, 3.63) is 11.6 Å². The third-order valence-corrected chi connectivity index (χ3v) is 3.90. The number of ether oxygens (including phenoxy) is 1. The number of esters is 1. The highest BCUT2D eigenvalue weighted by Gasteiger charge is 2.51. The average Bonchev–Trinajstić information content (AvgIpc) is 2.32. The van der Waals surface area contributed by atoms with E-state index in [1.165, 1.54) is 13.2 Å². The van der Waals surface area contributed by atoms with Gasteiger partial charge in [-0.1, -0.05) is 32.6 Å². The van der Waals surface area contributed by atoms with Crippen molar-refractivity contribution in [1.82, 2.24) is 0 Å². The quantitative estimate of drug-likeness (QED) is 0.452. The van der Waals surface area contributed by atoms with Crippen LogP contribution in [0.5, 0.6) is 0 Å². The summed E-state index contributed by atoms with van der Waals surface area (Å²) in [5.41, 5.74) is -1.34. The summed E-state index contributed by atoms with van der Waals surface area (Å²) in [5.74, 6) is 5.11. The van der Waals surface area contributed by atoms with E-state index in [-0.39, 0.29) is 11.7 Å². The molecule has 0 spiro atoms. The lowest BCUT2D eigenvalue weighted by atomic mass is 9.60. The first-order valence-electron chi connectivity index (χ1n) is 6.66. The third kappa shape index (κ3) is 3.29. The van der Waals surface area contributed by atoms with Crippen molar-refractivity contribution in [2.45, 2.75) is 46.1 Å². The highest BCUT2D eigenvalue weighted by Crippen LogP contribution is 2.45. The molecule has 1 fully saturated rings. The first kappa shape index (κ1) is 16.5. The number of allylic oxidation sites excluding steroid dienone is 1. The fraction of sp³-hybridized carbons (Fsp3) is 0.625. The van der Waals surface area contributed by atoms with Crippen LogP contribution < -0.4 is 0 Å². The van der Waals surface area contributed by atoms with Crippen molar-refractivity contribution in [2.24, 2.45) is 11.3 Å². The van der Waals surface area contributed by atoms with E-state index in [1.54, 1.807) is 6.92 Å². The number of hydrogen-bond donors (Lipinski definition) is 1. The van der Waals surface area contributed by atoms with Gasteiger partial charge in [0.25, 0.3) is 0 Å². The van der Waals surface area contributed by atoms with Gasteiger partial charge >= 0.3 is 5.97 Å². The molecule has 0 aromatic heterocycles. The molecule has 0 aliphatic heterocycles. The zero-order valence-electron chi connectivity index (χ0n) is 12.7. The Kier molecular flexibility index (Phi) is 4.77. The lowest BCUT2D eigenvalue weighted by Gasteiger charge is -2.46. The van der Waals surface area contributed by atoms with E-state index in [9.17, 15) is 14.7 Å². The number of carbonyl (C=O) groups excluding carboxylic acids is 2. The topological polar surface area (TPSA) is 63.6 Å². The minimum absolute atomic E-state index is 0.149. The van der Waals surface area contributed by atoms with Crippen LogP contribution in [0.25, 0.3) is 0 Å². The molecule has 2 unspecified atom stereocenters. The Morgan fingerprint density at radius 1 is 1.50 bits per heavy atom. The maximum atomic E-state index is 11.7. The highest BCUT2D eigenvalue weighted by atomic mass is 16.5. The first-order valence-corrected chi connectivity index (χ1v) is 6.66. The fourth-order valence-electron chi connectivity index (χ4n) is 2.61. The van der Waals surface area contributed by atoms with E-state index < -0.39 is 17.0 Å². The van der Waals surface area contributed by atoms with Crippen LogP contribution in [0.15, 0.2) is 11.6 Å². The second kappa shape index (κ2) is 5.80. The van der Waals surface area contributed by atoms with Gasteiger partial charge in [-0.05, 0) is 6.92 Å². The number of aliphatic hydroxyl groups is 1. The Hall–Kier alpha value is -1.60. The van der Waals surface area contributed by atoms with E-state index in [4.69, 9.17) is 0 Å². The van der Waals surface area contributed by atoms with Crippen molar-refractivity contribution in [1.29, 1.82) is 0 Å². The summed E-state index contributed by atoms with van der Waals surface area (Å²) in [7, 11) is 1.30. The highest BCUT2D eigenvalue weighted by molar-refractivity contribution is 5.83. The van der Waals surface area contributed by atoms with Gasteiger partial charge < -0.3 is 9.84 Å². The molecular formula is C16H22O4. The molecule has 110 valence electrons. The van der Waals surface area contributed by atoms with E-state index in [0.29, 0.717) is 18.4 Å². The van der Waals surface area contributed by atoms with Crippen molar-refractivity contribution in [2.75, 3.05) is 7.11 Å². The average molecular weight is 278 g/mol. The lowest BCUT2D eigenvalue weighted by molar-refractivity contribution is -0.140. The normalized spacial score (nSPS) is 29.4. The van der Waals surface area contributed by atoms with E-state index in [1.807, 2.05) is 20.8 Å². The van der Waals surface area contributed by atoms with Crippen LogP contribution in [0.3, 0.4) is 0 Å². The molecule has 20 heavy (non-hydrogen) atoms. The Labute approximate surface area is 120 Å². The number of ketones is 1. The second-order valence-electron chi connectivity index (χ2n) is 6.07. The van der Waals surface area contributed by atoms with Crippen LogP contribution in [0.2, 0.25) is 0 Å². The lowest BCUT2D eigenvalue weighted by Crippen LogP contribution is -2.53. The Balaban J connectivity index is 3.08. The van der Waals surface area contributed by atoms with Crippen LogP contribution in [0.4, 0.5) is 0 Å². The summed E-state index contributed by atoms with van der Waals surface area (Å²) < 4.78 is 4.52. The Morgan fingerprint density at radius 2 is 2.10 bits per heavy atom. The monoisotopic (exact) mass is 278 g/mol. The molecule has 1 N–H and O–H groups in total. The molecule has 4 nitrogen and oxygen atoms in total. The van der Waals surface area contributed by atoms with Crippen LogP contribution in [0.1, 0.15) is 40.5 Å². The summed E-state index contributed by atoms with van der Waals surface area (Å²) in [6.45, 7) is 7.19. The van der Waals surface area contributed by atoms with Gasteiger partial charge in [0.15, 0.2) is 0 Å². The van der Waals surface area contributed by atoms with Gasteiger partial charge in [-0.15, -0.1) is 0 Å². The first-order chi connectivity index (χ1) is 9.12. The molecule has 1 aliphatic carbocycles. The molecule has 0 amide bonds. The predicted octanol–water partition coefficient (Wildman–Crippen LogP) is 1.87. The van der Waals surface area contributed by atoms with Crippen LogP contribution in [-0.4, -0.2) is 29.6 Å². The summed E-state index contributed by atoms with van der Waals surface area (Å²) in [6, 6.07) is 0. The second-order valence-corrected chi connectivity index (χ2v) is 6.07. The minimum Gasteiger partial charge on any atom is -0.466 e.